The van der Waals surface area contributed by atoms with Crippen LogP contribution in [0, 0.1) is 12.3 Å². The zero-order valence-corrected chi connectivity index (χ0v) is 16.0. The number of halogens is 1. The minimum atomic E-state index is -1.52. The summed E-state index contributed by atoms with van der Waals surface area (Å²) in [6.07, 6.45) is 12.3. The van der Waals surface area contributed by atoms with E-state index in [0.717, 1.165) is 31.6 Å². The first-order chi connectivity index (χ1) is 12.6. The maximum atomic E-state index is 12.9. The van der Waals surface area contributed by atoms with Crippen molar-refractivity contribution in [3.05, 3.63) is 41.8 Å². The first-order valence-electron chi connectivity index (χ1n) is 10.4. The molecule has 2 fully saturated rings. The molecule has 2 aliphatic carbocycles. The lowest BCUT2D eigenvalue weighted by atomic mass is 9.82. The van der Waals surface area contributed by atoms with Gasteiger partial charge in [-0.25, -0.2) is 9.18 Å². The summed E-state index contributed by atoms with van der Waals surface area (Å²) in [6, 6.07) is 9.15. The van der Waals surface area contributed by atoms with E-state index in [9.17, 15) is 9.18 Å². The van der Waals surface area contributed by atoms with Gasteiger partial charge in [-0.2, -0.15) is 0 Å². The smallest absolute Gasteiger partial charge is 0.340 e. The molecule has 2 aliphatic rings. The van der Waals surface area contributed by atoms with E-state index in [1.54, 1.807) is 0 Å². The SMILES string of the molecule is C[C@H](F)C(=O)O[C@H]1CC[C@H](c2ccc(CCC3CC[CH]CC3)cc2)CC1. The zero-order chi connectivity index (χ0) is 18.4. The summed E-state index contributed by atoms with van der Waals surface area (Å²) < 4.78 is 18.2. The number of rotatable bonds is 6. The third-order valence-electron chi connectivity index (χ3n) is 6.13. The van der Waals surface area contributed by atoms with Crippen molar-refractivity contribution in [1.82, 2.24) is 0 Å². The largest absolute Gasteiger partial charge is 0.460 e. The Morgan fingerprint density at radius 2 is 1.73 bits per heavy atom. The Labute approximate surface area is 157 Å². The van der Waals surface area contributed by atoms with E-state index in [4.69, 9.17) is 4.74 Å². The van der Waals surface area contributed by atoms with Gasteiger partial charge in [0.05, 0.1) is 0 Å². The number of carbonyl (C=O) groups is 1. The van der Waals surface area contributed by atoms with E-state index in [-0.39, 0.29) is 6.10 Å². The molecule has 0 aromatic heterocycles. The second kappa shape index (κ2) is 9.53. The van der Waals surface area contributed by atoms with Crippen LogP contribution >= 0.6 is 0 Å². The molecule has 0 bridgehead atoms. The zero-order valence-electron chi connectivity index (χ0n) is 16.0. The molecular weight excluding hydrogens is 327 g/mol. The molecule has 0 saturated heterocycles. The number of aryl methyl sites for hydroxylation is 1. The summed E-state index contributed by atoms with van der Waals surface area (Å²) in [6.45, 7) is 1.24. The third-order valence-corrected chi connectivity index (χ3v) is 6.13. The first kappa shape index (κ1) is 19.4. The van der Waals surface area contributed by atoms with Crippen LogP contribution in [0.5, 0.6) is 0 Å². The van der Waals surface area contributed by atoms with Crippen LogP contribution < -0.4 is 0 Å². The fraction of sp³-hybridized carbons (Fsp3) is 0.652. The molecule has 1 aromatic rings. The summed E-state index contributed by atoms with van der Waals surface area (Å²) in [5.74, 6) is 0.731. The predicted octanol–water partition coefficient (Wildman–Crippen LogP) is 5.94. The van der Waals surface area contributed by atoms with Crippen molar-refractivity contribution in [2.24, 2.45) is 5.92 Å². The Morgan fingerprint density at radius 3 is 2.35 bits per heavy atom. The fourth-order valence-electron chi connectivity index (χ4n) is 4.38. The molecule has 0 amide bonds. The van der Waals surface area contributed by atoms with Crippen molar-refractivity contribution in [1.29, 1.82) is 0 Å². The quantitative estimate of drug-likeness (QED) is 0.587. The van der Waals surface area contributed by atoms with Gasteiger partial charge in [0, 0.05) is 0 Å². The molecule has 0 spiro atoms. The molecule has 3 heteroatoms. The highest BCUT2D eigenvalue weighted by molar-refractivity contribution is 5.74. The van der Waals surface area contributed by atoms with Gasteiger partial charge in [0.25, 0.3) is 0 Å². The predicted molar refractivity (Wildman–Crippen MR) is 103 cm³/mol. The third kappa shape index (κ3) is 5.56. The van der Waals surface area contributed by atoms with Crippen LogP contribution in [0.25, 0.3) is 0 Å². The standard InChI is InChI=1S/C23H32FO2/c1-17(24)23(25)26-22-15-13-21(14-16-22)20-11-9-19(10-12-20)8-7-18-5-3-2-4-6-18/h2,9-12,17-18,21-22H,3-8,13-16H2,1H3/t17-,21-,22-/m0/s1. The van der Waals surface area contributed by atoms with E-state index < -0.39 is 12.1 Å². The van der Waals surface area contributed by atoms with Crippen LogP contribution in [0.4, 0.5) is 4.39 Å². The van der Waals surface area contributed by atoms with Gasteiger partial charge >= 0.3 is 5.97 Å². The van der Waals surface area contributed by atoms with Crippen LogP contribution in [-0.2, 0) is 16.0 Å². The molecule has 2 nitrogen and oxygen atoms in total. The van der Waals surface area contributed by atoms with Crippen molar-refractivity contribution in [3.63, 3.8) is 0 Å². The summed E-state index contributed by atoms with van der Waals surface area (Å²) in [7, 11) is 0. The lowest BCUT2D eigenvalue weighted by Crippen LogP contribution is -2.27. The van der Waals surface area contributed by atoms with Crippen LogP contribution in [-0.4, -0.2) is 18.2 Å². The van der Waals surface area contributed by atoms with Gasteiger partial charge in [0.1, 0.15) is 6.10 Å². The van der Waals surface area contributed by atoms with Gasteiger partial charge in [-0.05, 0) is 87.7 Å². The van der Waals surface area contributed by atoms with Crippen LogP contribution in [0.15, 0.2) is 24.3 Å². The van der Waals surface area contributed by atoms with E-state index in [1.165, 1.54) is 56.6 Å². The fourth-order valence-corrected chi connectivity index (χ4v) is 4.38. The van der Waals surface area contributed by atoms with E-state index in [0.29, 0.717) is 5.92 Å². The van der Waals surface area contributed by atoms with E-state index in [2.05, 4.69) is 30.7 Å². The van der Waals surface area contributed by atoms with Gasteiger partial charge in [-0.1, -0.05) is 37.1 Å². The highest BCUT2D eigenvalue weighted by Crippen LogP contribution is 2.34. The topological polar surface area (TPSA) is 26.3 Å². The summed E-state index contributed by atoms with van der Waals surface area (Å²) in [4.78, 5) is 11.4. The Balaban J connectivity index is 1.43. The number of esters is 1. The molecule has 143 valence electrons. The van der Waals surface area contributed by atoms with Gasteiger partial charge in [0.2, 0.25) is 0 Å². The average Bonchev–Trinajstić information content (AvgIpc) is 2.68. The number of benzene rings is 1. The maximum absolute atomic E-state index is 12.9. The molecule has 0 N–H and O–H groups in total. The number of carbonyl (C=O) groups excluding carboxylic acids is 1. The Hall–Kier alpha value is -1.38. The molecule has 0 heterocycles. The molecule has 26 heavy (non-hydrogen) atoms. The summed E-state index contributed by atoms with van der Waals surface area (Å²) >= 11 is 0. The van der Waals surface area contributed by atoms with Crippen molar-refractivity contribution in [3.8, 4) is 0 Å². The van der Waals surface area contributed by atoms with Gasteiger partial charge in [0.15, 0.2) is 6.17 Å². The van der Waals surface area contributed by atoms with Gasteiger partial charge < -0.3 is 4.74 Å². The second-order valence-electron chi connectivity index (χ2n) is 8.12. The minimum absolute atomic E-state index is 0.107. The van der Waals surface area contributed by atoms with Crippen molar-refractivity contribution in [2.75, 3.05) is 0 Å². The normalized spacial score (nSPS) is 25.6. The van der Waals surface area contributed by atoms with E-state index in [1.807, 2.05) is 0 Å². The van der Waals surface area contributed by atoms with Crippen molar-refractivity contribution >= 4 is 5.97 Å². The Kier molecular flexibility index (Phi) is 7.10. The summed E-state index contributed by atoms with van der Waals surface area (Å²) in [5, 5.41) is 0. The molecule has 0 aliphatic heterocycles. The highest BCUT2D eigenvalue weighted by Gasteiger charge is 2.26. The molecular formula is C23H32FO2. The van der Waals surface area contributed by atoms with Crippen LogP contribution in [0.1, 0.15) is 81.8 Å². The molecule has 1 aromatic carbocycles. The van der Waals surface area contributed by atoms with Gasteiger partial charge in [-0.3, -0.25) is 0 Å². The van der Waals surface area contributed by atoms with Crippen LogP contribution in [0.2, 0.25) is 0 Å². The van der Waals surface area contributed by atoms with Crippen molar-refractivity contribution in [2.45, 2.75) is 89.3 Å². The number of ether oxygens (including phenoxy) is 1. The average molecular weight is 360 g/mol. The highest BCUT2D eigenvalue weighted by atomic mass is 19.1. The van der Waals surface area contributed by atoms with E-state index >= 15 is 0 Å². The molecule has 0 unspecified atom stereocenters. The lowest BCUT2D eigenvalue weighted by Gasteiger charge is -2.29. The summed E-state index contributed by atoms with van der Waals surface area (Å²) in [5.41, 5.74) is 2.84. The lowest BCUT2D eigenvalue weighted by molar-refractivity contribution is -0.156. The number of hydrogen-bond donors (Lipinski definition) is 0. The Morgan fingerprint density at radius 1 is 1.08 bits per heavy atom. The van der Waals surface area contributed by atoms with Gasteiger partial charge in [-0.15, -0.1) is 0 Å². The molecule has 2 saturated carbocycles. The Bertz CT molecular complexity index is 552. The number of alkyl halides is 1. The number of hydrogen-bond acceptors (Lipinski definition) is 2. The minimum Gasteiger partial charge on any atom is -0.460 e. The van der Waals surface area contributed by atoms with Crippen LogP contribution in [0.3, 0.4) is 0 Å². The molecule has 3 rings (SSSR count). The monoisotopic (exact) mass is 359 g/mol. The molecule has 1 radical (unpaired) electrons. The maximum Gasteiger partial charge on any atom is 0.340 e. The molecule has 1 atom stereocenters. The second-order valence-corrected chi connectivity index (χ2v) is 8.12. The van der Waals surface area contributed by atoms with Crippen molar-refractivity contribution < 1.29 is 13.9 Å². The first-order valence-corrected chi connectivity index (χ1v) is 10.4.